The minimum Gasteiger partial charge on any atom is -0.494 e. The predicted octanol–water partition coefficient (Wildman–Crippen LogP) is 8.97. The van der Waals surface area contributed by atoms with Crippen LogP contribution in [-0.4, -0.2) is 44.0 Å². The van der Waals surface area contributed by atoms with Gasteiger partial charge in [0.1, 0.15) is 17.3 Å². The second-order valence-corrected chi connectivity index (χ2v) is 10.2. The molecule has 3 aromatic carbocycles. The highest BCUT2D eigenvalue weighted by Gasteiger charge is 2.43. The Kier molecular flexibility index (Phi) is 13.7. The van der Waals surface area contributed by atoms with Crippen LogP contribution in [0.4, 0.5) is 17.6 Å². The summed E-state index contributed by atoms with van der Waals surface area (Å²) in [5.74, 6) is -2.91. The van der Waals surface area contributed by atoms with Crippen LogP contribution in [0.15, 0.2) is 66.7 Å². The Morgan fingerprint density at radius 2 is 1.36 bits per heavy atom. The largest absolute Gasteiger partial charge is 0.494 e. The summed E-state index contributed by atoms with van der Waals surface area (Å²) in [5, 5.41) is 0. The predicted molar refractivity (Wildman–Crippen MR) is 158 cm³/mol. The molecular weight excluding hydrogens is 580 g/mol. The van der Waals surface area contributed by atoms with Crippen LogP contribution < -0.4 is 9.47 Å². The quantitative estimate of drug-likeness (QED) is 0.0651. The number of hydrogen-bond donors (Lipinski definition) is 0. The molecule has 0 spiro atoms. The summed E-state index contributed by atoms with van der Waals surface area (Å²) in [6.45, 7) is 4.39. The van der Waals surface area contributed by atoms with Gasteiger partial charge < -0.3 is 18.9 Å². The fraction of sp³-hybridized carbons (Fsp3) is 0.412. The van der Waals surface area contributed by atoms with Crippen molar-refractivity contribution in [3.63, 3.8) is 0 Å². The maximum absolute atomic E-state index is 14.6. The molecule has 3 rings (SSSR count). The van der Waals surface area contributed by atoms with E-state index in [-0.39, 0.29) is 24.5 Å². The van der Waals surface area contributed by atoms with Crippen LogP contribution in [0.3, 0.4) is 0 Å². The number of hydrogen-bond acceptors (Lipinski definition) is 6. The lowest BCUT2D eigenvalue weighted by molar-refractivity contribution is -0.208. The second kappa shape index (κ2) is 17.4. The first kappa shape index (κ1) is 34.6. The van der Waals surface area contributed by atoms with Gasteiger partial charge in [-0.15, -0.1) is 0 Å². The standard InChI is InChI=1S/C34H38F4O6/c1-3-5-6-7-8-9-21-42-27-16-14-25(15-17-27)24-10-12-26(13-11-24)32(39)43-28-18-19-29(30(35)23-28)33(40)44-31(34(36,37)38)20-22-41-4-2/h10-19,23,31H,3-9,20-22H2,1-2H3. The van der Waals surface area contributed by atoms with Crippen LogP contribution in [0.25, 0.3) is 11.1 Å². The van der Waals surface area contributed by atoms with Crippen molar-refractivity contribution in [3.05, 3.63) is 83.7 Å². The van der Waals surface area contributed by atoms with E-state index in [0.29, 0.717) is 6.61 Å². The molecule has 0 bridgehead atoms. The third-order valence-electron chi connectivity index (χ3n) is 6.79. The third-order valence-corrected chi connectivity index (χ3v) is 6.79. The van der Waals surface area contributed by atoms with Crippen LogP contribution in [0.1, 0.15) is 79.5 Å². The highest BCUT2D eigenvalue weighted by Crippen LogP contribution is 2.28. The molecule has 1 unspecified atom stereocenters. The highest BCUT2D eigenvalue weighted by atomic mass is 19.4. The molecule has 3 aromatic rings. The molecule has 10 heteroatoms. The van der Waals surface area contributed by atoms with E-state index in [0.717, 1.165) is 47.9 Å². The van der Waals surface area contributed by atoms with Crippen molar-refractivity contribution in [2.45, 2.75) is 71.1 Å². The Morgan fingerprint density at radius 3 is 1.98 bits per heavy atom. The average Bonchev–Trinajstić information content (AvgIpc) is 3.00. The molecule has 0 amide bonds. The molecule has 0 radical (unpaired) electrons. The van der Waals surface area contributed by atoms with Gasteiger partial charge in [-0.2, -0.15) is 13.2 Å². The summed E-state index contributed by atoms with van der Waals surface area (Å²) in [7, 11) is 0. The molecule has 0 fully saturated rings. The number of carbonyl (C=O) groups is 2. The lowest BCUT2D eigenvalue weighted by Crippen LogP contribution is -2.35. The maximum atomic E-state index is 14.6. The van der Waals surface area contributed by atoms with Crippen molar-refractivity contribution in [1.29, 1.82) is 0 Å². The molecule has 0 saturated heterocycles. The van der Waals surface area contributed by atoms with Gasteiger partial charge in [0.15, 0.2) is 6.10 Å². The van der Waals surface area contributed by atoms with E-state index < -0.39 is 42.0 Å². The molecular formula is C34H38F4O6. The SMILES string of the molecule is CCCCCCCCOc1ccc(-c2ccc(C(=O)Oc3ccc(C(=O)OC(CCOCC)C(F)(F)F)c(F)c3)cc2)cc1. The third kappa shape index (κ3) is 11.0. The van der Waals surface area contributed by atoms with Gasteiger partial charge in [-0.1, -0.05) is 63.3 Å². The number of benzene rings is 3. The Balaban J connectivity index is 1.54. The fourth-order valence-electron chi connectivity index (χ4n) is 4.32. The normalized spacial score (nSPS) is 12.0. The van der Waals surface area contributed by atoms with Gasteiger partial charge in [0.2, 0.25) is 0 Å². The van der Waals surface area contributed by atoms with Gasteiger partial charge in [-0.25, -0.2) is 14.0 Å². The molecule has 0 saturated carbocycles. The Bertz CT molecular complexity index is 1320. The number of ether oxygens (including phenoxy) is 4. The molecule has 238 valence electrons. The van der Waals surface area contributed by atoms with Crippen LogP contribution >= 0.6 is 0 Å². The second-order valence-electron chi connectivity index (χ2n) is 10.2. The zero-order chi connectivity index (χ0) is 32.0. The van der Waals surface area contributed by atoms with Crippen molar-refractivity contribution >= 4 is 11.9 Å². The van der Waals surface area contributed by atoms with Gasteiger partial charge in [0.05, 0.1) is 24.3 Å². The van der Waals surface area contributed by atoms with Gasteiger partial charge >= 0.3 is 18.1 Å². The molecule has 0 aliphatic rings. The molecule has 44 heavy (non-hydrogen) atoms. The van der Waals surface area contributed by atoms with Gasteiger partial charge in [-0.05, 0) is 60.9 Å². The van der Waals surface area contributed by atoms with E-state index in [2.05, 4.69) is 11.7 Å². The zero-order valence-corrected chi connectivity index (χ0v) is 25.0. The van der Waals surface area contributed by atoms with Gasteiger partial charge in [0.25, 0.3) is 0 Å². The molecule has 0 aliphatic heterocycles. The molecule has 1 atom stereocenters. The Morgan fingerprint density at radius 1 is 0.750 bits per heavy atom. The van der Waals surface area contributed by atoms with E-state index in [1.807, 2.05) is 24.3 Å². The van der Waals surface area contributed by atoms with E-state index in [9.17, 15) is 27.2 Å². The van der Waals surface area contributed by atoms with E-state index >= 15 is 0 Å². The van der Waals surface area contributed by atoms with Gasteiger partial charge in [0, 0.05) is 19.1 Å². The lowest BCUT2D eigenvalue weighted by Gasteiger charge is -2.20. The number of unbranched alkanes of at least 4 members (excludes halogenated alkanes) is 5. The maximum Gasteiger partial charge on any atom is 0.425 e. The molecule has 0 N–H and O–H groups in total. The van der Waals surface area contributed by atoms with E-state index in [4.69, 9.17) is 14.2 Å². The fourth-order valence-corrected chi connectivity index (χ4v) is 4.32. The smallest absolute Gasteiger partial charge is 0.425 e. The van der Waals surface area contributed by atoms with Gasteiger partial charge in [-0.3, -0.25) is 0 Å². The van der Waals surface area contributed by atoms with Crippen LogP contribution in [0, 0.1) is 5.82 Å². The van der Waals surface area contributed by atoms with Crippen molar-refractivity contribution in [2.75, 3.05) is 19.8 Å². The monoisotopic (exact) mass is 618 g/mol. The summed E-state index contributed by atoms with van der Waals surface area (Å²) in [5.41, 5.74) is 1.25. The topological polar surface area (TPSA) is 71.1 Å². The minimum atomic E-state index is -4.85. The number of halogens is 4. The molecule has 6 nitrogen and oxygen atoms in total. The Labute approximate surface area is 255 Å². The molecule has 0 aliphatic carbocycles. The van der Waals surface area contributed by atoms with Crippen LogP contribution in [0.2, 0.25) is 0 Å². The number of carbonyl (C=O) groups excluding carboxylic acids is 2. The summed E-state index contributed by atoms with van der Waals surface area (Å²) in [4.78, 5) is 24.9. The number of esters is 2. The van der Waals surface area contributed by atoms with Crippen molar-refractivity contribution in [1.82, 2.24) is 0 Å². The first-order chi connectivity index (χ1) is 21.1. The van der Waals surface area contributed by atoms with Crippen molar-refractivity contribution < 1.29 is 46.1 Å². The van der Waals surface area contributed by atoms with Crippen molar-refractivity contribution in [3.8, 4) is 22.6 Å². The number of alkyl halides is 3. The first-order valence-electron chi connectivity index (χ1n) is 14.8. The van der Waals surface area contributed by atoms with Crippen molar-refractivity contribution in [2.24, 2.45) is 0 Å². The zero-order valence-electron chi connectivity index (χ0n) is 25.0. The van der Waals surface area contributed by atoms with E-state index in [1.165, 1.54) is 25.7 Å². The molecule has 0 heterocycles. The Hall–Kier alpha value is -3.92. The van der Waals surface area contributed by atoms with E-state index in [1.54, 1.807) is 31.2 Å². The minimum absolute atomic E-state index is 0.193. The summed E-state index contributed by atoms with van der Waals surface area (Å²) < 4.78 is 74.7. The summed E-state index contributed by atoms with van der Waals surface area (Å²) in [6, 6.07) is 17.0. The first-order valence-corrected chi connectivity index (χ1v) is 14.8. The number of rotatable bonds is 17. The summed E-state index contributed by atoms with van der Waals surface area (Å²) in [6.07, 6.45) is -0.769. The summed E-state index contributed by atoms with van der Waals surface area (Å²) >= 11 is 0. The average molecular weight is 619 g/mol. The highest BCUT2D eigenvalue weighted by molar-refractivity contribution is 5.92. The molecule has 0 aromatic heterocycles. The van der Waals surface area contributed by atoms with Crippen LogP contribution in [0.5, 0.6) is 11.5 Å². The lowest BCUT2D eigenvalue weighted by atomic mass is 10.0. The van der Waals surface area contributed by atoms with Crippen LogP contribution in [-0.2, 0) is 9.47 Å².